The van der Waals surface area contributed by atoms with Gasteiger partial charge in [0.2, 0.25) is 5.91 Å². The van der Waals surface area contributed by atoms with Gasteiger partial charge in [0.1, 0.15) is 0 Å². The van der Waals surface area contributed by atoms with Crippen molar-refractivity contribution in [3.63, 3.8) is 0 Å². The average Bonchev–Trinajstić information content (AvgIpc) is 3.17. The molecule has 20 heavy (non-hydrogen) atoms. The average molecular weight is 274 g/mol. The summed E-state index contributed by atoms with van der Waals surface area (Å²) in [4.78, 5) is 14.6. The number of β-amino-alcohol motifs (C(OH)–C–C–N with tert-alkyl or cyclic N) is 1. The molecule has 0 bridgehead atoms. The molecule has 0 aromatic heterocycles. The summed E-state index contributed by atoms with van der Waals surface area (Å²) in [5.74, 6) is 0.144. The van der Waals surface area contributed by atoms with Crippen LogP contribution in [0.5, 0.6) is 0 Å². The summed E-state index contributed by atoms with van der Waals surface area (Å²) in [6.45, 7) is 3.28. The van der Waals surface area contributed by atoms with Crippen LogP contribution in [0.15, 0.2) is 24.3 Å². The first-order valence-electron chi connectivity index (χ1n) is 7.41. The summed E-state index contributed by atoms with van der Waals surface area (Å²) in [5.41, 5.74) is 2.41. The van der Waals surface area contributed by atoms with Gasteiger partial charge in [-0.05, 0) is 31.7 Å². The Labute approximate surface area is 119 Å². The van der Waals surface area contributed by atoms with Crippen LogP contribution in [-0.4, -0.2) is 40.6 Å². The van der Waals surface area contributed by atoms with E-state index in [2.05, 4.69) is 30.4 Å². The first kappa shape index (κ1) is 13.6. The number of amides is 1. The van der Waals surface area contributed by atoms with Gasteiger partial charge in [0.15, 0.2) is 0 Å². The number of carbonyl (C=O) groups excluding carboxylic acids is 1. The molecule has 1 saturated heterocycles. The summed E-state index contributed by atoms with van der Waals surface area (Å²) < 4.78 is 0. The molecular weight excluding hydrogens is 252 g/mol. The van der Waals surface area contributed by atoms with Gasteiger partial charge in [-0.1, -0.05) is 29.8 Å². The molecule has 1 aromatic rings. The van der Waals surface area contributed by atoms with E-state index in [1.165, 1.54) is 11.1 Å². The number of benzene rings is 1. The zero-order chi connectivity index (χ0) is 14.1. The van der Waals surface area contributed by atoms with Crippen molar-refractivity contribution >= 4 is 5.91 Å². The SMILES string of the molecule is Cc1cccc(CN(C(=O)C2CC(O)CN2)C2CC2)c1. The molecule has 2 aliphatic rings. The Morgan fingerprint density at radius 2 is 2.25 bits per heavy atom. The maximum absolute atomic E-state index is 12.6. The molecule has 1 aromatic carbocycles. The number of carbonyl (C=O) groups is 1. The van der Waals surface area contributed by atoms with Gasteiger partial charge in [-0.3, -0.25) is 4.79 Å². The lowest BCUT2D eigenvalue weighted by Gasteiger charge is -2.26. The van der Waals surface area contributed by atoms with Crippen LogP contribution < -0.4 is 5.32 Å². The molecule has 2 atom stereocenters. The molecule has 1 amide bonds. The maximum Gasteiger partial charge on any atom is 0.240 e. The molecule has 2 fully saturated rings. The third-order valence-corrected chi connectivity index (χ3v) is 4.11. The van der Waals surface area contributed by atoms with E-state index in [0.29, 0.717) is 25.6 Å². The molecule has 2 N–H and O–H groups in total. The molecule has 4 nitrogen and oxygen atoms in total. The number of hydrogen-bond donors (Lipinski definition) is 2. The minimum Gasteiger partial charge on any atom is -0.392 e. The van der Waals surface area contributed by atoms with Gasteiger partial charge in [0.05, 0.1) is 12.1 Å². The van der Waals surface area contributed by atoms with Crippen LogP contribution in [0.4, 0.5) is 0 Å². The van der Waals surface area contributed by atoms with E-state index < -0.39 is 0 Å². The van der Waals surface area contributed by atoms with Crippen molar-refractivity contribution in [3.8, 4) is 0 Å². The van der Waals surface area contributed by atoms with Crippen molar-refractivity contribution in [1.29, 1.82) is 0 Å². The summed E-state index contributed by atoms with van der Waals surface area (Å²) in [6.07, 6.45) is 2.36. The molecular formula is C16H22N2O2. The molecule has 1 aliphatic heterocycles. The standard InChI is InChI=1S/C16H22N2O2/c1-11-3-2-4-12(7-11)10-18(13-5-6-13)16(20)15-8-14(19)9-17-15/h2-4,7,13-15,17,19H,5-6,8-10H2,1H3. The minimum atomic E-state index is -0.385. The Bertz CT molecular complexity index is 499. The molecule has 1 heterocycles. The third-order valence-electron chi connectivity index (χ3n) is 4.11. The number of aryl methyl sites for hydroxylation is 1. The van der Waals surface area contributed by atoms with E-state index in [1.807, 2.05) is 11.0 Å². The summed E-state index contributed by atoms with van der Waals surface area (Å²) in [6, 6.07) is 8.50. The maximum atomic E-state index is 12.6. The van der Waals surface area contributed by atoms with Crippen molar-refractivity contribution in [1.82, 2.24) is 10.2 Å². The largest absolute Gasteiger partial charge is 0.392 e. The fraction of sp³-hybridized carbons (Fsp3) is 0.562. The van der Waals surface area contributed by atoms with Gasteiger partial charge in [-0.25, -0.2) is 0 Å². The van der Waals surface area contributed by atoms with Crippen LogP contribution in [0.2, 0.25) is 0 Å². The highest BCUT2D eigenvalue weighted by molar-refractivity contribution is 5.83. The van der Waals surface area contributed by atoms with Crippen LogP contribution in [0.25, 0.3) is 0 Å². The summed E-state index contributed by atoms with van der Waals surface area (Å²) in [5, 5.41) is 12.7. The Hall–Kier alpha value is -1.39. The first-order valence-corrected chi connectivity index (χ1v) is 7.41. The molecule has 0 radical (unpaired) electrons. The van der Waals surface area contributed by atoms with E-state index in [-0.39, 0.29) is 18.1 Å². The van der Waals surface area contributed by atoms with Crippen molar-refractivity contribution in [2.45, 2.75) is 50.9 Å². The number of nitrogens with one attached hydrogen (secondary N) is 1. The quantitative estimate of drug-likeness (QED) is 0.867. The van der Waals surface area contributed by atoms with Crippen molar-refractivity contribution in [3.05, 3.63) is 35.4 Å². The Kier molecular flexibility index (Phi) is 3.76. The number of aliphatic hydroxyl groups is 1. The van der Waals surface area contributed by atoms with Crippen LogP contribution >= 0.6 is 0 Å². The van der Waals surface area contributed by atoms with Crippen LogP contribution in [0, 0.1) is 6.92 Å². The predicted molar refractivity (Wildman–Crippen MR) is 77.2 cm³/mol. The van der Waals surface area contributed by atoms with Gasteiger partial charge in [-0.2, -0.15) is 0 Å². The smallest absolute Gasteiger partial charge is 0.240 e. The fourth-order valence-corrected chi connectivity index (χ4v) is 2.89. The molecule has 108 valence electrons. The number of aliphatic hydroxyl groups excluding tert-OH is 1. The number of rotatable bonds is 4. The minimum absolute atomic E-state index is 0.144. The Morgan fingerprint density at radius 3 is 2.85 bits per heavy atom. The van der Waals surface area contributed by atoms with E-state index in [0.717, 1.165) is 12.8 Å². The lowest BCUT2D eigenvalue weighted by molar-refractivity contribution is -0.134. The Balaban J connectivity index is 1.71. The molecule has 1 aliphatic carbocycles. The number of hydrogen-bond acceptors (Lipinski definition) is 3. The summed E-state index contributed by atoms with van der Waals surface area (Å²) in [7, 11) is 0. The van der Waals surface area contributed by atoms with E-state index >= 15 is 0 Å². The monoisotopic (exact) mass is 274 g/mol. The van der Waals surface area contributed by atoms with Gasteiger partial charge in [0, 0.05) is 19.1 Å². The predicted octanol–water partition coefficient (Wildman–Crippen LogP) is 1.21. The number of nitrogens with zero attached hydrogens (tertiary/aromatic N) is 1. The normalized spacial score (nSPS) is 25.7. The lowest BCUT2D eigenvalue weighted by atomic mass is 10.1. The van der Waals surface area contributed by atoms with E-state index in [4.69, 9.17) is 0 Å². The molecule has 0 spiro atoms. The zero-order valence-electron chi connectivity index (χ0n) is 11.9. The van der Waals surface area contributed by atoms with Crippen molar-refractivity contribution in [2.75, 3.05) is 6.54 Å². The molecule has 1 saturated carbocycles. The second kappa shape index (κ2) is 5.54. The van der Waals surface area contributed by atoms with Crippen LogP contribution in [0.1, 0.15) is 30.4 Å². The van der Waals surface area contributed by atoms with Gasteiger partial charge >= 0.3 is 0 Å². The molecule has 2 unspecified atom stereocenters. The topological polar surface area (TPSA) is 52.6 Å². The van der Waals surface area contributed by atoms with E-state index in [9.17, 15) is 9.90 Å². The Morgan fingerprint density at radius 1 is 1.45 bits per heavy atom. The third kappa shape index (κ3) is 3.02. The fourth-order valence-electron chi connectivity index (χ4n) is 2.89. The molecule has 3 rings (SSSR count). The highest BCUT2D eigenvalue weighted by atomic mass is 16.3. The highest BCUT2D eigenvalue weighted by Crippen LogP contribution is 2.30. The van der Waals surface area contributed by atoms with Gasteiger partial charge < -0.3 is 15.3 Å². The van der Waals surface area contributed by atoms with Gasteiger partial charge in [-0.15, -0.1) is 0 Å². The highest BCUT2D eigenvalue weighted by Gasteiger charge is 2.38. The lowest BCUT2D eigenvalue weighted by Crippen LogP contribution is -2.44. The van der Waals surface area contributed by atoms with Crippen molar-refractivity contribution in [2.24, 2.45) is 0 Å². The van der Waals surface area contributed by atoms with Crippen molar-refractivity contribution < 1.29 is 9.90 Å². The summed E-state index contributed by atoms with van der Waals surface area (Å²) >= 11 is 0. The first-order chi connectivity index (χ1) is 9.63. The second-order valence-electron chi connectivity index (χ2n) is 6.04. The molecule has 4 heteroatoms. The zero-order valence-corrected chi connectivity index (χ0v) is 11.9. The van der Waals surface area contributed by atoms with Crippen LogP contribution in [0.3, 0.4) is 0 Å². The van der Waals surface area contributed by atoms with Gasteiger partial charge in [0.25, 0.3) is 0 Å². The van der Waals surface area contributed by atoms with E-state index in [1.54, 1.807) is 0 Å². The van der Waals surface area contributed by atoms with Crippen LogP contribution in [-0.2, 0) is 11.3 Å². The second-order valence-corrected chi connectivity index (χ2v) is 6.04.